The maximum atomic E-state index is 12.7. The summed E-state index contributed by atoms with van der Waals surface area (Å²) in [7, 11) is 0. The molecule has 2 aromatic heterocycles. The number of anilines is 2. The molecule has 2 heterocycles. The summed E-state index contributed by atoms with van der Waals surface area (Å²) < 4.78 is 0. The van der Waals surface area contributed by atoms with Crippen LogP contribution in [0.2, 0.25) is 5.02 Å². The largest absolute Gasteiger partial charge is 0.324 e. The zero-order valence-electron chi connectivity index (χ0n) is 16.7. The Labute approximate surface area is 188 Å². The Balaban J connectivity index is 1.61. The second-order valence-electron chi connectivity index (χ2n) is 7.04. The molecule has 0 aliphatic heterocycles. The molecule has 8 heteroatoms. The number of hydrogen-bond acceptors (Lipinski definition) is 4. The monoisotopic (exact) mass is 440 g/mol. The molecule has 0 aliphatic rings. The van der Waals surface area contributed by atoms with Gasteiger partial charge in [-0.05, 0) is 23.8 Å². The molecule has 0 atom stereocenters. The van der Waals surface area contributed by atoms with E-state index in [4.69, 9.17) is 11.6 Å². The number of aromatic nitrogens is 4. The summed E-state index contributed by atoms with van der Waals surface area (Å²) in [6, 6.07) is 26.1. The third-order valence-corrected chi connectivity index (χ3v) is 5.14. The van der Waals surface area contributed by atoms with E-state index in [0.717, 1.165) is 16.7 Å². The van der Waals surface area contributed by atoms with Crippen molar-refractivity contribution >= 4 is 40.2 Å². The number of halogens is 1. The summed E-state index contributed by atoms with van der Waals surface area (Å²) in [6.07, 6.45) is 0. The Kier molecular flexibility index (Phi) is 5.23. The van der Waals surface area contributed by atoms with Gasteiger partial charge in [0.2, 0.25) is 0 Å². The molecule has 32 heavy (non-hydrogen) atoms. The first-order valence-corrected chi connectivity index (χ1v) is 10.3. The lowest BCUT2D eigenvalue weighted by Crippen LogP contribution is -2.19. The number of benzene rings is 3. The van der Waals surface area contributed by atoms with Crippen LogP contribution in [0.15, 0.2) is 84.9 Å². The first-order chi connectivity index (χ1) is 15.7. The van der Waals surface area contributed by atoms with Crippen molar-refractivity contribution in [3.8, 4) is 22.4 Å². The lowest BCUT2D eigenvalue weighted by Gasteiger charge is -2.12. The summed E-state index contributed by atoms with van der Waals surface area (Å²) in [5.41, 5.74) is 4.42. The van der Waals surface area contributed by atoms with Crippen LogP contribution in [0.4, 0.5) is 16.3 Å². The number of hydrogen-bond donors (Lipinski definition) is 3. The van der Waals surface area contributed by atoms with E-state index in [-0.39, 0.29) is 0 Å². The zero-order chi connectivity index (χ0) is 21.9. The minimum atomic E-state index is -0.447. The maximum Gasteiger partial charge on any atom is 0.324 e. The lowest BCUT2D eigenvalue weighted by molar-refractivity contribution is 0.262. The lowest BCUT2D eigenvalue weighted by atomic mass is 9.97. The van der Waals surface area contributed by atoms with Crippen LogP contribution in [0, 0.1) is 0 Å². The van der Waals surface area contributed by atoms with Gasteiger partial charge < -0.3 is 5.32 Å². The smallest absolute Gasteiger partial charge is 0.308 e. The number of carbonyl (C=O) groups is 1. The second-order valence-corrected chi connectivity index (χ2v) is 7.48. The molecule has 0 spiro atoms. The van der Waals surface area contributed by atoms with Crippen molar-refractivity contribution in [3.63, 3.8) is 0 Å². The summed E-state index contributed by atoms with van der Waals surface area (Å²) in [5.74, 6) is 0.352. The van der Waals surface area contributed by atoms with E-state index in [1.54, 1.807) is 24.3 Å². The molecular weight excluding hydrogens is 424 g/mol. The number of nitrogens with one attached hydrogen (secondary N) is 3. The van der Waals surface area contributed by atoms with Gasteiger partial charge in [0.25, 0.3) is 0 Å². The third kappa shape index (κ3) is 3.89. The van der Waals surface area contributed by atoms with Crippen LogP contribution in [-0.4, -0.2) is 26.4 Å². The van der Waals surface area contributed by atoms with E-state index in [1.165, 1.54) is 0 Å². The summed E-state index contributed by atoms with van der Waals surface area (Å²) in [5, 5.41) is 22.7. The van der Waals surface area contributed by atoms with Crippen molar-refractivity contribution in [3.05, 3.63) is 90.0 Å². The Morgan fingerprint density at radius 3 is 2.25 bits per heavy atom. The minimum absolute atomic E-state index is 0.352. The number of carbonyl (C=O) groups excluding carboxylic acids is 1. The summed E-state index contributed by atoms with van der Waals surface area (Å²) in [4.78, 5) is 12.7. The molecule has 0 bridgehead atoms. The molecule has 7 nitrogen and oxygen atoms in total. The molecule has 0 radical (unpaired) electrons. The standard InChI is InChI=1S/C24H17ClN6O/c25-17-12-7-13-18(14-17)26-24(32)27-22-20-19(15-8-3-1-4-9-15)21(16-10-5-2-6-11-16)28-30-23(20)31-29-22/h1-14H,(H3,26,27,29,30,31,32). The van der Waals surface area contributed by atoms with Crippen molar-refractivity contribution in [2.75, 3.05) is 10.6 Å². The Morgan fingerprint density at radius 1 is 0.812 bits per heavy atom. The molecule has 5 rings (SSSR count). The van der Waals surface area contributed by atoms with Gasteiger partial charge in [-0.25, -0.2) is 4.79 Å². The highest BCUT2D eigenvalue weighted by atomic mass is 35.5. The quantitative estimate of drug-likeness (QED) is 0.320. The molecule has 0 aliphatic carbocycles. The van der Waals surface area contributed by atoms with Gasteiger partial charge in [-0.15, -0.1) is 10.2 Å². The van der Waals surface area contributed by atoms with E-state index in [2.05, 4.69) is 31.0 Å². The van der Waals surface area contributed by atoms with Crippen LogP contribution >= 0.6 is 11.6 Å². The van der Waals surface area contributed by atoms with Gasteiger partial charge in [-0.1, -0.05) is 78.3 Å². The van der Waals surface area contributed by atoms with Gasteiger partial charge in [0.1, 0.15) is 5.69 Å². The Hall–Kier alpha value is -4.23. The summed E-state index contributed by atoms with van der Waals surface area (Å²) >= 11 is 6.01. The number of amides is 2. The molecular formula is C24H17ClN6O. The topological polar surface area (TPSA) is 95.6 Å². The van der Waals surface area contributed by atoms with Gasteiger partial charge in [0.15, 0.2) is 11.5 Å². The number of nitrogens with zero attached hydrogens (tertiary/aromatic N) is 3. The highest BCUT2D eigenvalue weighted by Gasteiger charge is 2.20. The first-order valence-electron chi connectivity index (χ1n) is 9.88. The van der Waals surface area contributed by atoms with Crippen molar-refractivity contribution in [2.45, 2.75) is 0 Å². The first kappa shape index (κ1) is 19.7. The maximum absolute atomic E-state index is 12.7. The Bertz CT molecular complexity index is 1400. The number of urea groups is 1. The van der Waals surface area contributed by atoms with Crippen LogP contribution < -0.4 is 10.6 Å². The van der Waals surface area contributed by atoms with E-state index < -0.39 is 6.03 Å². The number of rotatable bonds is 4. The molecule has 156 valence electrons. The molecule has 0 unspecified atom stereocenters. The number of aromatic amines is 1. The third-order valence-electron chi connectivity index (χ3n) is 4.91. The fourth-order valence-corrected chi connectivity index (χ4v) is 3.71. The molecule has 0 saturated carbocycles. The molecule has 0 fully saturated rings. The number of fused-ring (bicyclic) bond motifs is 1. The predicted octanol–water partition coefficient (Wildman–Crippen LogP) is 5.98. The highest BCUT2D eigenvalue weighted by Crippen LogP contribution is 2.38. The van der Waals surface area contributed by atoms with Crippen LogP contribution in [0.25, 0.3) is 33.4 Å². The van der Waals surface area contributed by atoms with Crippen LogP contribution in [-0.2, 0) is 0 Å². The van der Waals surface area contributed by atoms with Crippen molar-refractivity contribution < 1.29 is 4.79 Å². The highest BCUT2D eigenvalue weighted by molar-refractivity contribution is 6.31. The van der Waals surface area contributed by atoms with E-state index >= 15 is 0 Å². The summed E-state index contributed by atoms with van der Waals surface area (Å²) in [6.45, 7) is 0. The SMILES string of the molecule is O=C(Nc1cccc(Cl)c1)Nc1n[nH]c2nnc(-c3ccccc3)c(-c3ccccc3)c12. The molecule has 2 amide bonds. The van der Waals surface area contributed by atoms with Gasteiger partial charge in [-0.3, -0.25) is 10.4 Å². The molecule has 3 aromatic carbocycles. The fraction of sp³-hybridized carbons (Fsp3) is 0. The van der Waals surface area contributed by atoms with Crippen molar-refractivity contribution in [2.24, 2.45) is 0 Å². The van der Waals surface area contributed by atoms with Crippen LogP contribution in [0.5, 0.6) is 0 Å². The minimum Gasteiger partial charge on any atom is -0.308 e. The van der Waals surface area contributed by atoms with Gasteiger partial charge >= 0.3 is 6.03 Å². The van der Waals surface area contributed by atoms with Crippen LogP contribution in [0.1, 0.15) is 0 Å². The van der Waals surface area contributed by atoms with Crippen molar-refractivity contribution in [1.82, 2.24) is 20.4 Å². The van der Waals surface area contributed by atoms with Gasteiger partial charge in [-0.2, -0.15) is 5.10 Å². The Morgan fingerprint density at radius 2 is 1.53 bits per heavy atom. The molecule has 3 N–H and O–H groups in total. The van der Waals surface area contributed by atoms with E-state index in [0.29, 0.717) is 33.3 Å². The normalized spacial score (nSPS) is 10.8. The zero-order valence-corrected chi connectivity index (χ0v) is 17.5. The number of H-pyrrole nitrogens is 1. The molecule has 5 aromatic rings. The van der Waals surface area contributed by atoms with Crippen molar-refractivity contribution in [1.29, 1.82) is 0 Å². The fourth-order valence-electron chi connectivity index (χ4n) is 3.52. The predicted molar refractivity (Wildman–Crippen MR) is 127 cm³/mol. The molecule has 0 saturated heterocycles. The van der Waals surface area contributed by atoms with E-state index in [9.17, 15) is 4.79 Å². The van der Waals surface area contributed by atoms with Crippen LogP contribution in [0.3, 0.4) is 0 Å². The average Bonchev–Trinajstić information content (AvgIpc) is 3.22. The second kappa shape index (κ2) is 8.49. The van der Waals surface area contributed by atoms with Gasteiger partial charge in [0.05, 0.1) is 5.39 Å². The van der Waals surface area contributed by atoms with E-state index in [1.807, 2.05) is 60.7 Å². The van der Waals surface area contributed by atoms with Gasteiger partial charge in [0, 0.05) is 21.8 Å². The average molecular weight is 441 g/mol.